The van der Waals surface area contributed by atoms with Crippen molar-refractivity contribution in [2.24, 2.45) is 0 Å². The molecule has 1 atom stereocenters. The number of carbonyl (C=O) groups is 1. The summed E-state index contributed by atoms with van der Waals surface area (Å²) in [4.78, 5) is 28.6. The molecule has 3 aromatic heterocycles. The fourth-order valence-corrected chi connectivity index (χ4v) is 3.65. The highest BCUT2D eigenvalue weighted by molar-refractivity contribution is 5.91. The van der Waals surface area contributed by atoms with E-state index in [1.807, 2.05) is 43.1 Å². The lowest BCUT2D eigenvalue weighted by Gasteiger charge is -2.24. The third-order valence-corrected chi connectivity index (χ3v) is 5.38. The number of amides is 1. The van der Waals surface area contributed by atoms with Crippen LogP contribution >= 0.6 is 0 Å². The van der Waals surface area contributed by atoms with Crippen LogP contribution in [0.4, 0.5) is 5.82 Å². The van der Waals surface area contributed by atoms with E-state index in [0.29, 0.717) is 18.9 Å². The van der Waals surface area contributed by atoms with Crippen LogP contribution in [0.15, 0.2) is 36.8 Å². The molecular formula is C21H25N7O. The normalized spacial score (nSPS) is 16.2. The first-order valence-corrected chi connectivity index (χ1v) is 9.92. The maximum atomic E-state index is 13.2. The summed E-state index contributed by atoms with van der Waals surface area (Å²) in [5.41, 5.74) is 3.80. The standard InChI is InChI=1S/C21H25N7O/c1-14-15(2)26-20(27-19(14)23-10-8-16-12-24-25-13-16)21(29)28-11-5-7-18(28)17-6-3-4-9-22-17/h3-4,6,9,12-13,18H,5,7-8,10-11H2,1-2H3,(H,24,25)(H,23,26,27)/t18-/m1/s1. The number of rotatable bonds is 6. The van der Waals surface area contributed by atoms with Gasteiger partial charge in [-0.2, -0.15) is 5.10 Å². The molecule has 3 aromatic rings. The molecule has 1 aliphatic heterocycles. The molecule has 0 aromatic carbocycles. The number of H-pyrrole nitrogens is 1. The molecule has 150 valence electrons. The maximum absolute atomic E-state index is 13.2. The van der Waals surface area contributed by atoms with Gasteiger partial charge in [0, 0.05) is 36.7 Å². The predicted octanol–water partition coefficient (Wildman–Crippen LogP) is 2.84. The van der Waals surface area contributed by atoms with Gasteiger partial charge in [0.2, 0.25) is 5.82 Å². The molecule has 0 spiro atoms. The maximum Gasteiger partial charge on any atom is 0.292 e. The van der Waals surface area contributed by atoms with Gasteiger partial charge < -0.3 is 10.2 Å². The number of hydrogen-bond acceptors (Lipinski definition) is 6. The van der Waals surface area contributed by atoms with Crippen molar-refractivity contribution in [1.29, 1.82) is 0 Å². The number of hydrogen-bond donors (Lipinski definition) is 2. The van der Waals surface area contributed by atoms with Gasteiger partial charge in [-0.25, -0.2) is 9.97 Å². The second kappa shape index (κ2) is 8.38. The van der Waals surface area contributed by atoms with Crippen LogP contribution < -0.4 is 5.32 Å². The number of nitrogens with zero attached hydrogens (tertiary/aromatic N) is 5. The summed E-state index contributed by atoms with van der Waals surface area (Å²) >= 11 is 0. The van der Waals surface area contributed by atoms with Crippen LogP contribution in [0.25, 0.3) is 0 Å². The van der Waals surface area contributed by atoms with E-state index in [1.165, 1.54) is 0 Å². The largest absolute Gasteiger partial charge is 0.369 e. The highest BCUT2D eigenvalue weighted by Gasteiger charge is 2.33. The zero-order valence-corrected chi connectivity index (χ0v) is 16.7. The van der Waals surface area contributed by atoms with Crippen LogP contribution in [-0.4, -0.2) is 49.0 Å². The van der Waals surface area contributed by atoms with Gasteiger partial charge in [0.15, 0.2) is 0 Å². The molecule has 4 heterocycles. The molecule has 1 aliphatic rings. The Bertz CT molecular complexity index is 972. The van der Waals surface area contributed by atoms with Crippen molar-refractivity contribution in [3.8, 4) is 0 Å². The van der Waals surface area contributed by atoms with Gasteiger partial charge in [-0.15, -0.1) is 0 Å². The van der Waals surface area contributed by atoms with Crippen LogP contribution in [0, 0.1) is 13.8 Å². The molecule has 0 aliphatic carbocycles. The lowest BCUT2D eigenvalue weighted by atomic mass is 10.1. The third-order valence-electron chi connectivity index (χ3n) is 5.38. The number of nitrogens with one attached hydrogen (secondary N) is 2. The van der Waals surface area contributed by atoms with Crippen LogP contribution in [0.3, 0.4) is 0 Å². The summed E-state index contributed by atoms with van der Waals surface area (Å²) in [5.74, 6) is 0.804. The molecule has 0 radical (unpaired) electrons. The topological polar surface area (TPSA) is 99.7 Å². The summed E-state index contributed by atoms with van der Waals surface area (Å²) in [7, 11) is 0. The minimum atomic E-state index is -0.140. The summed E-state index contributed by atoms with van der Waals surface area (Å²) in [6, 6.07) is 5.79. The Labute approximate surface area is 169 Å². The Balaban J connectivity index is 1.52. The summed E-state index contributed by atoms with van der Waals surface area (Å²) in [6.45, 7) is 5.27. The van der Waals surface area contributed by atoms with E-state index in [2.05, 4.69) is 30.5 Å². The fraction of sp³-hybridized carbons (Fsp3) is 0.381. The summed E-state index contributed by atoms with van der Waals surface area (Å²) < 4.78 is 0. The van der Waals surface area contributed by atoms with Crippen molar-refractivity contribution in [2.75, 3.05) is 18.4 Å². The van der Waals surface area contributed by atoms with Crippen molar-refractivity contribution in [1.82, 2.24) is 30.0 Å². The number of aromatic nitrogens is 5. The molecule has 8 heteroatoms. The first-order chi connectivity index (χ1) is 14.1. The average Bonchev–Trinajstić information content (AvgIpc) is 3.43. The van der Waals surface area contributed by atoms with Crippen molar-refractivity contribution in [3.63, 3.8) is 0 Å². The Kier molecular flexibility index (Phi) is 5.50. The molecule has 29 heavy (non-hydrogen) atoms. The Morgan fingerprint density at radius 3 is 2.97 bits per heavy atom. The van der Waals surface area contributed by atoms with Crippen LogP contribution in [0.1, 0.15) is 52.0 Å². The molecule has 2 N–H and O–H groups in total. The molecule has 1 fully saturated rings. The van der Waals surface area contributed by atoms with Gasteiger partial charge in [0.05, 0.1) is 17.9 Å². The Morgan fingerprint density at radius 1 is 1.31 bits per heavy atom. The van der Waals surface area contributed by atoms with E-state index in [9.17, 15) is 4.79 Å². The molecule has 0 saturated carbocycles. The van der Waals surface area contributed by atoms with Crippen LogP contribution in [0.2, 0.25) is 0 Å². The minimum Gasteiger partial charge on any atom is -0.369 e. The van der Waals surface area contributed by atoms with Gasteiger partial charge in [-0.05, 0) is 50.8 Å². The van der Waals surface area contributed by atoms with Gasteiger partial charge in [-0.3, -0.25) is 14.9 Å². The summed E-state index contributed by atoms with van der Waals surface area (Å²) in [6.07, 6.45) is 8.12. The predicted molar refractivity (Wildman–Crippen MR) is 110 cm³/mol. The number of anilines is 1. The second-order valence-corrected chi connectivity index (χ2v) is 7.30. The number of pyridine rings is 1. The number of carbonyl (C=O) groups excluding carboxylic acids is 1. The Morgan fingerprint density at radius 2 is 2.21 bits per heavy atom. The van der Waals surface area contributed by atoms with Gasteiger partial charge in [0.1, 0.15) is 5.82 Å². The molecule has 1 amide bonds. The smallest absolute Gasteiger partial charge is 0.292 e. The molecule has 0 unspecified atom stereocenters. The van der Waals surface area contributed by atoms with Gasteiger partial charge in [-0.1, -0.05) is 6.07 Å². The van der Waals surface area contributed by atoms with E-state index in [4.69, 9.17) is 0 Å². The zero-order chi connectivity index (χ0) is 20.2. The Hall–Kier alpha value is -3.29. The number of aromatic amines is 1. The summed E-state index contributed by atoms with van der Waals surface area (Å²) in [5, 5.41) is 10.1. The first-order valence-electron chi connectivity index (χ1n) is 9.92. The highest BCUT2D eigenvalue weighted by Crippen LogP contribution is 2.31. The van der Waals surface area contributed by atoms with Crippen molar-refractivity contribution < 1.29 is 4.79 Å². The second-order valence-electron chi connectivity index (χ2n) is 7.30. The van der Waals surface area contributed by atoms with Crippen LogP contribution in [0.5, 0.6) is 0 Å². The van der Waals surface area contributed by atoms with E-state index in [-0.39, 0.29) is 17.8 Å². The van der Waals surface area contributed by atoms with E-state index in [0.717, 1.165) is 41.8 Å². The molecular weight excluding hydrogens is 366 g/mol. The SMILES string of the molecule is Cc1nc(C(=O)N2CCC[C@@H]2c2ccccn2)nc(NCCc2cn[nH]c2)c1C. The highest BCUT2D eigenvalue weighted by atomic mass is 16.2. The van der Waals surface area contributed by atoms with Gasteiger partial charge in [0.25, 0.3) is 5.91 Å². The molecule has 0 bridgehead atoms. The minimum absolute atomic E-state index is 0.0218. The number of aryl methyl sites for hydroxylation is 1. The lowest BCUT2D eigenvalue weighted by Crippen LogP contribution is -2.32. The molecule has 4 rings (SSSR count). The van der Waals surface area contributed by atoms with Crippen LogP contribution in [-0.2, 0) is 6.42 Å². The van der Waals surface area contributed by atoms with Crippen molar-refractivity contribution in [2.45, 2.75) is 39.2 Å². The molecule has 8 nitrogen and oxygen atoms in total. The van der Waals surface area contributed by atoms with Crippen molar-refractivity contribution >= 4 is 11.7 Å². The van der Waals surface area contributed by atoms with E-state index >= 15 is 0 Å². The lowest BCUT2D eigenvalue weighted by molar-refractivity contribution is 0.0720. The first kappa shape index (κ1) is 19.0. The monoisotopic (exact) mass is 391 g/mol. The van der Waals surface area contributed by atoms with Crippen molar-refractivity contribution in [3.05, 3.63) is 65.1 Å². The molecule has 1 saturated heterocycles. The quantitative estimate of drug-likeness (QED) is 0.670. The van der Waals surface area contributed by atoms with Gasteiger partial charge >= 0.3 is 0 Å². The number of likely N-dealkylation sites (tertiary alicyclic amines) is 1. The van der Waals surface area contributed by atoms with E-state index in [1.54, 1.807) is 12.4 Å². The third kappa shape index (κ3) is 4.11. The average molecular weight is 391 g/mol. The van der Waals surface area contributed by atoms with E-state index < -0.39 is 0 Å². The zero-order valence-electron chi connectivity index (χ0n) is 16.7. The fourth-order valence-electron chi connectivity index (χ4n) is 3.65.